The maximum absolute atomic E-state index is 14.0. The number of nitrogens with one attached hydrogen (secondary N) is 1. The lowest BCUT2D eigenvalue weighted by molar-refractivity contribution is 0.0762. The van der Waals surface area contributed by atoms with E-state index >= 15 is 0 Å². The van der Waals surface area contributed by atoms with E-state index in [2.05, 4.69) is 15.0 Å². The Labute approximate surface area is 209 Å². The number of hydrogen-bond donors (Lipinski definition) is 2. The highest BCUT2D eigenvalue weighted by atomic mass is 35.5. The zero-order valence-electron chi connectivity index (χ0n) is 18.5. The van der Waals surface area contributed by atoms with Crippen molar-refractivity contribution in [1.29, 1.82) is 0 Å². The molecule has 0 fully saturated rings. The molecule has 1 atom stereocenters. The molecule has 3 N–H and O–H groups in total. The molecule has 8 nitrogen and oxygen atoms in total. The van der Waals surface area contributed by atoms with Crippen LogP contribution >= 0.6 is 23.2 Å². The zero-order chi connectivity index (χ0) is 24.7. The number of anilines is 1. The van der Waals surface area contributed by atoms with Crippen LogP contribution in [0.25, 0.3) is 16.5 Å². The number of halogens is 3. The molecule has 3 aromatic heterocycles. The Balaban J connectivity index is 1.43. The number of rotatable bonds is 5. The predicted octanol–water partition coefficient (Wildman–Crippen LogP) is 5.65. The zero-order valence-corrected chi connectivity index (χ0v) is 20.0. The molecule has 4 heterocycles. The molecule has 0 saturated carbocycles. The van der Waals surface area contributed by atoms with Crippen molar-refractivity contribution in [2.75, 3.05) is 18.8 Å². The summed E-state index contributed by atoms with van der Waals surface area (Å²) in [7, 11) is 0. The number of aromatic amines is 1. The second kappa shape index (κ2) is 9.24. The Bertz CT molecular complexity index is 1450. The first kappa shape index (κ1) is 23.2. The monoisotopic (exact) mass is 515 g/mol. The Morgan fingerprint density at radius 1 is 1.34 bits per heavy atom. The molecule has 1 amide bonds. The smallest absolute Gasteiger partial charge is 0.289 e. The lowest BCUT2D eigenvalue weighted by atomic mass is 9.99. The maximum atomic E-state index is 14.0. The summed E-state index contributed by atoms with van der Waals surface area (Å²) in [5.74, 6) is -0.124. The van der Waals surface area contributed by atoms with Crippen molar-refractivity contribution in [2.24, 2.45) is 0 Å². The van der Waals surface area contributed by atoms with E-state index in [4.69, 9.17) is 38.1 Å². The highest BCUT2D eigenvalue weighted by Crippen LogP contribution is 2.41. The maximum Gasteiger partial charge on any atom is 0.289 e. The predicted molar refractivity (Wildman–Crippen MR) is 131 cm³/mol. The number of H-pyrrole nitrogens is 1. The molecular formula is C24H20Cl2FN5O3. The Morgan fingerprint density at radius 2 is 2.17 bits per heavy atom. The minimum atomic E-state index is -0.732. The second-order valence-corrected chi connectivity index (χ2v) is 8.84. The molecule has 11 heteroatoms. The lowest BCUT2D eigenvalue weighted by Gasteiger charge is -2.25. The van der Waals surface area contributed by atoms with E-state index in [0.717, 1.165) is 11.1 Å². The molecule has 1 aromatic carbocycles. The number of nitrogens with zero attached hydrogens (tertiary/aromatic N) is 3. The minimum absolute atomic E-state index is 0.113. The fourth-order valence-electron chi connectivity index (χ4n) is 4.12. The van der Waals surface area contributed by atoms with Gasteiger partial charge < -0.3 is 24.8 Å². The molecule has 35 heavy (non-hydrogen) atoms. The third-order valence-electron chi connectivity index (χ3n) is 5.92. The van der Waals surface area contributed by atoms with Gasteiger partial charge in [0.2, 0.25) is 5.75 Å². The van der Waals surface area contributed by atoms with Crippen LogP contribution in [-0.4, -0.2) is 38.8 Å². The van der Waals surface area contributed by atoms with Crippen LogP contribution in [0.4, 0.5) is 10.2 Å². The van der Waals surface area contributed by atoms with Gasteiger partial charge in [-0.15, -0.1) is 0 Å². The first-order valence-electron chi connectivity index (χ1n) is 10.8. The molecular weight excluding hydrogens is 496 g/mol. The van der Waals surface area contributed by atoms with Crippen LogP contribution in [0, 0.1) is 5.82 Å². The normalized spacial score (nSPS) is 14.7. The number of hydrogen-bond acceptors (Lipinski definition) is 6. The van der Waals surface area contributed by atoms with Gasteiger partial charge in [0.15, 0.2) is 17.2 Å². The number of ether oxygens (including phenoxy) is 1. The molecule has 1 aliphatic heterocycles. The van der Waals surface area contributed by atoms with Gasteiger partial charge in [0.25, 0.3) is 5.91 Å². The van der Waals surface area contributed by atoms with Crippen molar-refractivity contribution in [2.45, 2.75) is 19.4 Å². The SMILES string of the molecule is C[C@@H](Oc1c(N)ncc2c(C3=CCN(C(=O)c4ncc[nH]4)CC3)coc12)c1c(Cl)ccc(F)c1Cl. The number of fused-ring (bicyclic) bond motifs is 1. The van der Waals surface area contributed by atoms with Gasteiger partial charge in [-0.3, -0.25) is 4.79 Å². The van der Waals surface area contributed by atoms with Gasteiger partial charge in [-0.05, 0) is 31.1 Å². The lowest BCUT2D eigenvalue weighted by Crippen LogP contribution is -2.35. The molecule has 0 unspecified atom stereocenters. The number of amides is 1. The number of imidazole rings is 1. The van der Waals surface area contributed by atoms with Crippen molar-refractivity contribution in [3.8, 4) is 5.75 Å². The molecule has 5 rings (SSSR count). The van der Waals surface area contributed by atoms with E-state index in [1.165, 1.54) is 12.1 Å². The average molecular weight is 516 g/mol. The average Bonchev–Trinajstić information content (AvgIpc) is 3.54. The Hall–Kier alpha value is -3.56. The molecule has 0 radical (unpaired) electrons. The fourth-order valence-corrected chi connectivity index (χ4v) is 4.80. The van der Waals surface area contributed by atoms with Gasteiger partial charge in [-0.1, -0.05) is 29.3 Å². The van der Waals surface area contributed by atoms with E-state index < -0.39 is 11.9 Å². The molecule has 0 bridgehead atoms. The van der Waals surface area contributed by atoms with Crippen molar-refractivity contribution < 1.29 is 18.3 Å². The first-order valence-corrected chi connectivity index (χ1v) is 11.5. The number of aromatic nitrogens is 3. The summed E-state index contributed by atoms with van der Waals surface area (Å²) in [6.45, 7) is 2.64. The van der Waals surface area contributed by atoms with Crippen molar-refractivity contribution in [3.05, 3.63) is 75.9 Å². The first-order chi connectivity index (χ1) is 16.8. The summed E-state index contributed by atoms with van der Waals surface area (Å²) in [6.07, 6.45) is 8.25. The van der Waals surface area contributed by atoms with Crippen molar-refractivity contribution in [1.82, 2.24) is 19.9 Å². The topological polar surface area (TPSA) is 110 Å². The third kappa shape index (κ3) is 4.21. The van der Waals surface area contributed by atoms with Crippen LogP contribution in [0.1, 0.15) is 41.2 Å². The number of furan rings is 1. The Kier molecular flexibility index (Phi) is 6.12. The van der Waals surface area contributed by atoms with Crippen LogP contribution in [-0.2, 0) is 0 Å². The molecule has 4 aromatic rings. The summed E-state index contributed by atoms with van der Waals surface area (Å²) in [4.78, 5) is 25.4. The van der Waals surface area contributed by atoms with Crippen LogP contribution < -0.4 is 10.5 Å². The number of carbonyl (C=O) groups excluding carboxylic acids is 1. The van der Waals surface area contributed by atoms with Crippen LogP contribution in [0.15, 0.2) is 47.5 Å². The summed E-state index contributed by atoms with van der Waals surface area (Å²) in [5, 5.41) is 0.850. The van der Waals surface area contributed by atoms with Crippen LogP contribution in [0.5, 0.6) is 5.75 Å². The summed E-state index contributed by atoms with van der Waals surface area (Å²) in [6, 6.07) is 2.61. The fraction of sp³-hybridized carbons (Fsp3) is 0.208. The number of benzene rings is 1. The molecule has 180 valence electrons. The highest BCUT2D eigenvalue weighted by molar-refractivity contribution is 6.36. The Morgan fingerprint density at radius 3 is 2.89 bits per heavy atom. The number of carbonyl (C=O) groups is 1. The van der Waals surface area contributed by atoms with E-state index in [9.17, 15) is 9.18 Å². The molecule has 0 aliphatic carbocycles. The number of nitrogen functional groups attached to an aromatic ring is 1. The standard InChI is InChI=1S/C24H20Cl2FN5O3/c1-12(18-16(25)2-3-17(27)19(18)26)35-21-20-14(10-31-22(21)28)15(11-34-20)13-4-8-32(9-5-13)24(33)23-29-6-7-30-23/h2-4,6-7,10-12H,5,8-9H2,1H3,(H2,28,31)(H,29,30)/t12-/m1/s1. The minimum Gasteiger partial charge on any atom is -0.478 e. The number of pyridine rings is 1. The van der Waals surface area contributed by atoms with Gasteiger partial charge in [0.1, 0.15) is 11.9 Å². The summed E-state index contributed by atoms with van der Waals surface area (Å²) < 4.78 is 25.9. The van der Waals surface area contributed by atoms with Crippen molar-refractivity contribution >= 4 is 51.5 Å². The van der Waals surface area contributed by atoms with Gasteiger partial charge in [-0.2, -0.15) is 0 Å². The van der Waals surface area contributed by atoms with Crippen molar-refractivity contribution in [3.63, 3.8) is 0 Å². The second-order valence-electron chi connectivity index (χ2n) is 8.05. The van der Waals surface area contributed by atoms with Gasteiger partial charge in [0, 0.05) is 47.8 Å². The molecule has 0 spiro atoms. The highest BCUT2D eigenvalue weighted by Gasteiger charge is 2.25. The number of nitrogens with two attached hydrogens (primary N) is 1. The van der Waals surface area contributed by atoms with E-state index in [1.54, 1.807) is 36.7 Å². The molecule has 1 aliphatic rings. The van der Waals surface area contributed by atoms with Gasteiger partial charge in [0.05, 0.1) is 16.7 Å². The van der Waals surface area contributed by atoms with Crippen LogP contribution in [0.3, 0.4) is 0 Å². The van der Waals surface area contributed by atoms with E-state index in [1.807, 2.05) is 6.08 Å². The molecule has 0 saturated heterocycles. The summed E-state index contributed by atoms with van der Waals surface area (Å²) in [5.41, 5.74) is 8.64. The van der Waals surface area contributed by atoms with E-state index in [0.29, 0.717) is 41.9 Å². The largest absolute Gasteiger partial charge is 0.478 e. The van der Waals surface area contributed by atoms with Gasteiger partial charge in [-0.25, -0.2) is 14.4 Å². The third-order valence-corrected chi connectivity index (χ3v) is 6.64. The summed E-state index contributed by atoms with van der Waals surface area (Å²) >= 11 is 12.4. The van der Waals surface area contributed by atoms with Crippen LogP contribution in [0.2, 0.25) is 10.0 Å². The van der Waals surface area contributed by atoms with E-state index in [-0.39, 0.29) is 27.5 Å². The van der Waals surface area contributed by atoms with Gasteiger partial charge >= 0.3 is 0 Å². The quantitative estimate of drug-likeness (QED) is 0.332.